The van der Waals surface area contributed by atoms with Crippen molar-refractivity contribution in [2.45, 2.75) is 52.6 Å². The monoisotopic (exact) mass is 445 g/mol. The number of piperidine rings is 1. The maximum absolute atomic E-state index is 5.53. The smallest absolute Gasteiger partial charge is 0.225 e. The van der Waals surface area contributed by atoms with E-state index in [2.05, 4.69) is 53.8 Å². The standard InChI is InChI=1S/C27H35N5O/c1-18-15-28-13-12-22(18)23-16-29-27(31(4)5)30-26(23)24-9-7-8-14-32(24)17-21-10-11-25(33-6)20(3)19(21)2/h10-13,15-16,24H,7-9,14,17H2,1-6H3/t24-/m0/s1. The first-order valence-corrected chi connectivity index (χ1v) is 11.7. The third kappa shape index (κ3) is 4.71. The van der Waals surface area contributed by atoms with E-state index in [4.69, 9.17) is 9.72 Å². The van der Waals surface area contributed by atoms with Gasteiger partial charge in [0.1, 0.15) is 5.75 Å². The number of pyridine rings is 1. The lowest BCUT2D eigenvalue weighted by atomic mass is 9.92. The van der Waals surface area contributed by atoms with Crippen molar-refractivity contribution in [1.29, 1.82) is 0 Å². The van der Waals surface area contributed by atoms with Crippen LogP contribution < -0.4 is 9.64 Å². The molecule has 4 rings (SSSR count). The van der Waals surface area contributed by atoms with Crippen LogP contribution in [0.2, 0.25) is 0 Å². The van der Waals surface area contributed by atoms with Crippen molar-refractivity contribution in [3.8, 4) is 16.9 Å². The molecular weight excluding hydrogens is 410 g/mol. The summed E-state index contributed by atoms with van der Waals surface area (Å²) in [7, 11) is 5.74. The van der Waals surface area contributed by atoms with Gasteiger partial charge in [-0.15, -0.1) is 0 Å². The molecule has 0 amide bonds. The zero-order chi connectivity index (χ0) is 23.5. The highest BCUT2D eigenvalue weighted by Gasteiger charge is 2.29. The molecule has 0 unspecified atom stereocenters. The van der Waals surface area contributed by atoms with Gasteiger partial charge in [-0.3, -0.25) is 9.88 Å². The van der Waals surface area contributed by atoms with Gasteiger partial charge in [0.2, 0.25) is 5.95 Å². The highest BCUT2D eigenvalue weighted by Crippen LogP contribution is 2.38. The summed E-state index contributed by atoms with van der Waals surface area (Å²) >= 11 is 0. The summed E-state index contributed by atoms with van der Waals surface area (Å²) in [5.74, 6) is 1.70. The number of likely N-dealkylation sites (tertiary alicyclic amines) is 1. The molecule has 0 aliphatic carbocycles. The number of hydrogen-bond donors (Lipinski definition) is 0. The Balaban J connectivity index is 1.77. The molecule has 0 spiro atoms. The van der Waals surface area contributed by atoms with Gasteiger partial charge in [-0.05, 0) is 80.1 Å². The van der Waals surface area contributed by atoms with E-state index >= 15 is 0 Å². The number of anilines is 1. The van der Waals surface area contributed by atoms with Crippen LogP contribution in [0, 0.1) is 20.8 Å². The van der Waals surface area contributed by atoms with E-state index in [0.29, 0.717) is 0 Å². The number of methoxy groups -OCH3 is 1. The van der Waals surface area contributed by atoms with Crippen LogP contribution in [0.3, 0.4) is 0 Å². The molecular formula is C27H35N5O. The molecule has 174 valence electrons. The lowest BCUT2D eigenvalue weighted by Crippen LogP contribution is -2.34. The second-order valence-electron chi connectivity index (χ2n) is 9.21. The summed E-state index contributed by atoms with van der Waals surface area (Å²) in [6, 6.07) is 6.63. The molecule has 1 fully saturated rings. The minimum Gasteiger partial charge on any atom is -0.496 e. The number of nitrogens with zero attached hydrogens (tertiary/aromatic N) is 5. The Hall–Kier alpha value is -2.99. The van der Waals surface area contributed by atoms with Gasteiger partial charge in [-0.1, -0.05) is 12.5 Å². The molecule has 1 atom stereocenters. The quantitative estimate of drug-likeness (QED) is 0.515. The van der Waals surface area contributed by atoms with Gasteiger partial charge >= 0.3 is 0 Å². The molecule has 1 aromatic carbocycles. The fraction of sp³-hybridized carbons (Fsp3) is 0.444. The Bertz CT molecular complexity index is 1130. The van der Waals surface area contributed by atoms with E-state index in [0.717, 1.165) is 53.6 Å². The zero-order valence-electron chi connectivity index (χ0n) is 20.7. The number of rotatable bonds is 6. The minimum absolute atomic E-state index is 0.241. The number of benzene rings is 1. The Morgan fingerprint density at radius 1 is 1.03 bits per heavy atom. The summed E-state index contributed by atoms with van der Waals surface area (Å²) in [6.45, 7) is 8.41. The van der Waals surface area contributed by atoms with Crippen molar-refractivity contribution in [1.82, 2.24) is 19.9 Å². The number of ether oxygens (including phenoxy) is 1. The van der Waals surface area contributed by atoms with Gasteiger partial charge in [-0.25, -0.2) is 9.97 Å². The van der Waals surface area contributed by atoms with Gasteiger partial charge in [0.05, 0.1) is 18.8 Å². The van der Waals surface area contributed by atoms with Crippen LogP contribution in [0.1, 0.15) is 53.3 Å². The van der Waals surface area contributed by atoms with E-state index in [9.17, 15) is 0 Å². The summed E-state index contributed by atoms with van der Waals surface area (Å²) in [5.41, 5.74) is 8.40. The summed E-state index contributed by atoms with van der Waals surface area (Å²) in [4.78, 5) is 18.6. The molecule has 33 heavy (non-hydrogen) atoms. The number of aryl methyl sites for hydroxylation is 1. The third-order valence-electron chi connectivity index (χ3n) is 6.89. The minimum atomic E-state index is 0.241. The second-order valence-corrected chi connectivity index (χ2v) is 9.21. The fourth-order valence-electron chi connectivity index (χ4n) is 4.79. The maximum Gasteiger partial charge on any atom is 0.225 e. The van der Waals surface area contributed by atoms with Gasteiger partial charge < -0.3 is 9.64 Å². The van der Waals surface area contributed by atoms with Crippen molar-refractivity contribution < 1.29 is 4.74 Å². The summed E-state index contributed by atoms with van der Waals surface area (Å²) < 4.78 is 5.53. The maximum atomic E-state index is 5.53. The van der Waals surface area contributed by atoms with Crippen LogP contribution in [-0.2, 0) is 6.54 Å². The Labute approximate surface area is 197 Å². The van der Waals surface area contributed by atoms with Crippen LogP contribution in [-0.4, -0.2) is 47.6 Å². The largest absolute Gasteiger partial charge is 0.496 e. The van der Waals surface area contributed by atoms with Crippen LogP contribution >= 0.6 is 0 Å². The van der Waals surface area contributed by atoms with E-state index in [1.807, 2.05) is 37.6 Å². The Kier molecular flexibility index (Phi) is 6.94. The molecule has 3 heterocycles. The fourth-order valence-corrected chi connectivity index (χ4v) is 4.79. The van der Waals surface area contributed by atoms with Crippen molar-refractivity contribution in [2.24, 2.45) is 0 Å². The molecule has 1 aliphatic heterocycles. The third-order valence-corrected chi connectivity index (χ3v) is 6.89. The first-order valence-electron chi connectivity index (χ1n) is 11.7. The molecule has 0 bridgehead atoms. The van der Waals surface area contributed by atoms with E-state index in [1.165, 1.54) is 29.5 Å². The van der Waals surface area contributed by atoms with Crippen molar-refractivity contribution >= 4 is 5.95 Å². The first kappa shape index (κ1) is 23.2. The van der Waals surface area contributed by atoms with Gasteiger partial charge in [0.15, 0.2) is 0 Å². The van der Waals surface area contributed by atoms with Gasteiger partial charge in [0.25, 0.3) is 0 Å². The lowest BCUT2D eigenvalue weighted by Gasteiger charge is -2.37. The Morgan fingerprint density at radius 2 is 1.85 bits per heavy atom. The SMILES string of the molecule is COc1ccc(CN2CCCC[C@H]2c2nc(N(C)C)ncc2-c2ccncc2C)c(C)c1C. The van der Waals surface area contributed by atoms with Gasteiger partial charge in [-0.2, -0.15) is 0 Å². The molecule has 6 heteroatoms. The average molecular weight is 446 g/mol. The second kappa shape index (κ2) is 9.87. The highest BCUT2D eigenvalue weighted by atomic mass is 16.5. The van der Waals surface area contributed by atoms with Crippen LogP contribution in [0.25, 0.3) is 11.1 Å². The molecule has 0 N–H and O–H groups in total. The number of hydrogen-bond acceptors (Lipinski definition) is 6. The molecule has 2 aromatic heterocycles. The van der Waals surface area contributed by atoms with E-state index < -0.39 is 0 Å². The van der Waals surface area contributed by atoms with Crippen LogP contribution in [0.5, 0.6) is 5.75 Å². The van der Waals surface area contributed by atoms with Gasteiger partial charge in [0, 0.05) is 44.8 Å². The first-order chi connectivity index (χ1) is 15.9. The van der Waals surface area contributed by atoms with E-state index in [1.54, 1.807) is 7.11 Å². The predicted molar refractivity (Wildman–Crippen MR) is 134 cm³/mol. The lowest BCUT2D eigenvalue weighted by molar-refractivity contribution is 0.137. The summed E-state index contributed by atoms with van der Waals surface area (Å²) in [5, 5.41) is 0. The van der Waals surface area contributed by atoms with Crippen molar-refractivity contribution in [3.63, 3.8) is 0 Å². The molecule has 0 saturated carbocycles. The molecule has 6 nitrogen and oxygen atoms in total. The predicted octanol–water partition coefficient (Wildman–Crippen LogP) is 5.27. The Morgan fingerprint density at radius 3 is 2.58 bits per heavy atom. The zero-order valence-corrected chi connectivity index (χ0v) is 20.7. The highest BCUT2D eigenvalue weighted by molar-refractivity contribution is 5.69. The average Bonchev–Trinajstić information content (AvgIpc) is 2.82. The van der Waals surface area contributed by atoms with Crippen LogP contribution in [0.15, 0.2) is 36.8 Å². The molecule has 3 aromatic rings. The normalized spacial score (nSPS) is 16.6. The summed E-state index contributed by atoms with van der Waals surface area (Å²) in [6.07, 6.45) is 9.28. The molecule has 1 aliphatic rings. The van der Waals surface area contributed by atoms with Crippen molar-refractivity contribution in [2.75, 3.05) is 32.6 Å². The number of aromatic nitrogens is 3. The molecule has 1 saturated heterocycles. The van der Waals surface area contributed by atoms with Crippen molar-refractivity contribution in [3.05, 3.63) is 64.7 Å². The van der Waals surface area contributed by atoms with E-state index in [-0.39, 0.29) is 6.04 Å². The van der Waals surface area contributed by atoms with Crippen LogP contribution in [0.4, 0.5) is 5.95 Å². The molecule has 0 radical (unpaired) electrons. The topological polar surface area (TPSA) is 54.4 Å².